The number of rotatable bonds is 6. The average molecular weight is 557 g/mol. The van der Waals surface area contributed by atoms with Crippen LogP contribution >= 0.6 is 0 Å². The van der Waals surface area contributed by atoms with Gasteiger partial charge < -0.3 is 10.5 Å². The molecule has 0 bridgehead atoms. The monoisotopic (exact) mass is 556 g/mol. The molecule has 5 aromatic rings. The summed E-state index contributed by atoms with van der Waals surface area (Å²) in [6, 6.07) is 5.35. The number of ether oxygens (including phenoxy) is 1. The highest BCUT2D eigenvalue weighted by Gasteiger charge is 2.27. The molecule has 10 nitrogen and oxygen atoms in total. The van der Waals surface area contributed by atoms with E-state index in [4.69, 9.17) is 15.5 Å². The number of nitrogens with two attached hydrogens (primary N) is 1. The zero-order valence-corrected chi connectivity index (χ0v) is 22.7. The summed E-state index contributed by atoms with van der Waals surface area (Å²) in [5.74, 6) is -2.26. The Morgan fingerprint density at radius 2 is 1.93 bits per heavy atom. The van der Waals surface area contributed by atoms with Crippen molar-refractivity contribution in [3.63, 3.8) is 0 Å². The van der Waals surface area contributed by atoms with E-state index in [2.05, 4.69) is 20.1 Å². The highest BCUT2D eigenvalue weighted by molar-refractivity contribution is 5.98. The van der Waals surface area contributed by atoms with E-state index in [1.807, 2.05) is 13.0 Å². The number of allylic oxidation sites excluding steroid dienone is 2. The maximum Gasteiger partial charge on any atom is 0.265 e. The van der Waals surface area contributed by atoms with Crippen LogP contribution in [0.2, 0.25) is 0 Å². The summed E-state index contributed by atoms with van der Waals surface area (Å²) in [5.41, 5.74) is 6.50. The Balaban J connectivity index is 1.85. The van der Waals surface area contributed by atoms with Gasteiger partial charge in [0.15, 0.2) is 17.2 Å². The molecule has 1 unspecified atom stereocenters. The molecule has 2 N–H and O–H groups in total. The molecule has 12 heteroatoms. The number of nitrogens with zero attached hydrogens (tertiary/aromatic N) is 7. The fourth-order valence-corrected chi connectivity index (χ4v) is 4.60. The number of fused-ring (bicyclic) bond motifs is 1. The van der Waals surface area contributed by atoms with Crippen molar-refractivity contribution in [1.82, 2.24) is 34.3 Å². The van der Waals surface area contributed by atoms with Crippen molar-refractivity contribution >= 4 is 29.0 Å². The van der Waals surface area contributed by atoms with Gasteiger partial charge >= 0.3 is 0 Å². The smallest absolute Gasteiger partial charge is 0.265 e. The van der Waals surface area contributed by atoms with E-state index in [0.717, 1.165) is 0 Å². The lowest BCUT2D eigenvalue weighted by molar-refractivity contribution is 0.372. The molecule has 0 amide bonds. The molecule has 0 saturated carbocycles. The van der Waals surface area contributed by atoms with Crippen LogP contribution in [0.15, 0.2) is 59.9 Å². The lowest BCUT2D eigenvalue weighted by Gasteiger charge is -2.18. The first-order valence-electron chi connectivity index (χ1n) is 12.7. The zero-order valence-electron chi connectivity index (χ0n) is 22.7. The van der Waals surface area contributed by atoms with Crippen LogP contribution in [0.5, 0.6) is 5.75 Å². The molecule has 1 aromatic carbocycles. The van der Waals surface area contributed by atoms with Crippen molar-refractivity contribution in [2.45, 2.75) is 26.8 Å². The predicted molar refractivity (Wildman–Crippen MR) is 152 cm³/mol. The van der Waals surface area contributed by atoms with Gasteiger partial charge in [-0.15, -0.1) is 0 Å². The molecule has 208 valence electrons. The largest absolute Gasteiger partial charge is 0.494 e. The van der Waals surface area contributed by atoms with Gasteiger partial charge in [-0.2, -0.15) is 9.49 Å². The third-order valence-electron chi connectivity index (χ3n) is 6.59. The Bertz CT molecular complexity index is 1980. The third kappa shape index (κ3) is 4.62. The Morgan fingerprint density at radius 1 is 1.12 bits per heavy atom. The van der Waals surface area contributed by atoms with Gasteiger partial charge in [0.05, 0.1) is 34.9 Å². The van der Waals surface area contributed by atoms with Crippen molar-refractivity contribution in [3.05, 3.63) is 93.5 Å². The Morgan fingerprint density at radius 3 is 2.61 bits per heavy atom. The molecule has 5 rings (SSSR count). The molecular weight excluding hydrogens is 530 g/mol. The van der Waals surface area contributed by atoms with E-state index in [0.29, 0.717) is 22.1 Å². The molecule has 0 radical (unpaired) electrons. The molecular formula is C29H26F2N8O2. The fourth-order valence-electron chi connectivity index (χ4n) is 4.60. The summed E-state index contributed by atoms with van der Waals surface area (Å²) in [6.45, 7) is 5.38. The molecule has 0 fully saturated rings. The highest BCUT2D eigenvalue weighted by Crippen LogP contribution is 2.36. The van der Waals surface area contributed by atoms with Crippen LogP contribution in [0.4, 0.5) is 14.6 Å². The summed E-state index contributed by atoms with van der Waals surface area (Å²) >= 11 is 0. The van der Waals surface area contributed by atoms with Crippen molar-refractivity contribution < 1.29 is 13.5 Å². The number of pyridine rings is 1. The first kappa shape index (κ1) is 27.3. The normalized spacial score (nSPS) is 13.4. The van der Waals surface area contributed by atoms with Gasteiger partial charge in [0, 0.05) is 11.8 Å². The zero-order chi connectivity index (χ0) is 29.3. The van der Waals surface area contributed by atoms with E-state index >= 15 is 4.39 Å². The molecule has 0 aliphatic heterocycles. The van der Waals surface area contributed by atoms with E-state index in [-0.39, 0.29) is 39.4 Å². The molecule has 4 heterocycles. The van der Waals surface area contributed by atoms with E-state index in [1.165, 1.54) is 34.8 Å². The van der Waals surface area contributed by atoms with Gasteiger partial charge in [-0.05, 0) is 51.1 Å². The summed E-state index contributed by atoms with van der Waals surface area (Å²) in [4.78, 5) is 31.3. The summed E-state index contributed by atoms with van der Waals surface area (Å²) < 4.78 is 37.8. The highest BCUT2D eigenvalue weighted by atomic mass is 19.2. The van der Waals surface area contributed by atoms with E-state index < -0.39 is 17.7 Å². The van der Waals surface area contributed by atoms with Gasteiger partial charge in [0.1, 0.15) is 29.7 Å². The second-order valence-corrected chi connectivity index (χ2v) is 8.97. The van der Waals surface area contributed by atoms with Crippen molar-refractivity contribution in [3.8, 4) is 22.7 Å². The molecule has 0 saturated heterocycles. The SMILES string of the molecule is C\C=C/C=c1/nc(C(C)n2nc(-c3ccc(OC)c(F)c3F)c3c(N)ncnc32)n(-c2cccnc2)c(=O)/c1=C/C. The first-order valence-corrected chi connectivity index (χ1v) is 12.7. The van der Waals surface area contributed by atoms with Crippen LogP contribution < -0.4 is 26.6 Å². The van der Waals surface area contributed by atoms with Gasteiger partial charge in [-0.25, -0.2) is 24.0 Å². The number of aromatic nitrogens is 7. The third-order valence-corrected chi connectivity index (χ3v) is 6.59. The minimum absolute atomic E-state index is 0.0229. The van der Waals surface area contributed by atoms with Gasteiger partial charge in [0.25, 0.3) is 5.56 Å². The molecule has 0 spiro atoms. The number of hydrogen-bond acceptors (Lipinski definition) is 8. The fraction of sp³-hybridized carbons (Fsp3) is 0.172. The predicted octanol–water partition coefficient (Wildman–Crippen LogP) is 3.07. The first-order chi connectivity index (χ1) is 19.8. The second-order valence-electron chi connectivity index (χ2n) is 8.97. The molecule has 1 atom stereocenters. The van der Waals surface area contributed by atoms with Crippen molar-refractivity contribution in [2.75, 3.05) is 12.8 Å². The maximum absolute atomic E-state index is 15.3. The van der Waals surface area contributed by atoms with Crippen LogP contribution in [0.25, 0.3) is 40.1 Å². The Kier molecular flexibility index (Phi) is 7.38. The lowest BCUT2D eigenvalue weighted by Crippen LogP contribution is -2.48. The maximum atomic E-state index is 15.3. The van der Waals surface area contributed by atoms with Crippen molar-refractivity contribution in [1.29, 1.82) is 0 Å². The lowest BCUT2D eigenvalue weighted by atomic mass is 10.1. The summed E-state index contributed by atoms with van der Waals surface area (Å²) in [6.07, 6.45) is 11.4. The quantitative estimate of drug-likeness (QED) is 0.338. The van der Waals surface area contributed by atoms with Gasteiger partial charge in [-0.1, -0.05) is 18.2 Å². The number of methoxy groups -OCH3 is 1. The van der Waals surface area contributed by atoms with Gasteiger partial charge in [0.2, 0.25) is 5.82 Å². The number of halogens is 2. The number of benzene rings is 1. The average Bonchev–Trinajstić information content (AvgIpc) is 3.38. The van der Waals surface area contributed by atoms with Gasteiger partial charge in [-0.3, -0.25) is 14.3 Å². The Hall–Kier alpha value is -5.26. The minimum atomic E-state index is -1.17. The van der Waals surface area contributed by atoms with Crippen LogP contribution in [-0.4, -0.2) is 41.4 Å². The minimum Gasteiger partial charge on any atom is -0.494 e. The van der Waals surface area contributed by atoms with Crippen LogP contribution in [-0.2, 0) is 0 Å². The van der Waals surface area contributed by atoms with Crippen LogP contribution in [0.1, 0.15) is 32.6 Å². The molecule has 0 aliphatic carbocycles. The number of nitrogen functional groups attached to an aromatic ring is 1. The van der Waals surface area contributed by atoms with Crippen LogP contribution in [0.3, 0.4) is 0 Å². The van der Waals surface area contributed by atoms with Crippen LogP contribution in [0, 0.1) is 11.6 Å². The van der Waals surface area contributed by atoms with E-state index in [1.54, 1.807) is 56.6 Å². The Labute approximate surface area is 232 Å². The molecule has 4 aromatic heterocycles. The topological polar surface area (TPSA) is 127 Å². The standard InChI is InChI=1S/C29H26F2N8O2/c1-5-7-10-20-18(6-2)29(40)38(17-9-8-13-33-14-17)27(36-20)16(3)39-28-22(26(32)34-15-35-28)25(37-39)19-11-12-21(41-4)24(31)23(19)30/h5-16H,1-4H3,(H2,32,34,35)/b7-5-,18-6+,20-10+. The second kappa shape index (κ2) is 11.1. The molecule has 41 heavy (non-hydrogen) atoms. The van der Waals surface area contributed by atoms with Crippen molar-refractivity contribution in [2.24, 2.45) is 0 Å². The van der Waals surface area contributed by atoms with E-state index in [9.17, 15) is 9.18 Å². The number of hydrogen-bond donors (Lipinski definition) is 1. The number of anilines is 1. The summed E-state index contributed by atoms with van der Waals surface area (Å²) in [7, 11) is 1.24. The summed E-state index contributed by atoms with van der Waals surface area (Å²) in [5, 5.41) is 5.71. The molecule has 0 aliphatic rings.